The monoisotopic (exact) mass is 328 g/mol. The average Bonchev–Trinajstić information content (AvgIpc) is 2.53. The minimum absolute atomic E-state index is 0.269. The van der Waals surface area contributed by atoms with Crippen molar-refractivity contribution in [2.75, 3.05) is 25.0 Å². The lowest BCUT2D eigenvalue weighted by molar-refractivity contribution is -0.137. The Labute approximate surface area is 137 Å². The van der Waals surface area contributed by atoms with Crippen molar-refractivity contribution in [3.8, 4) is 0 Å². The first-order valence-corrected chi connectivity index (χ1v) is 8.65. The van der Waals surface area contributed by atoms with E-state index in [-0.39, 0.29) is 6.04 Å². The van der Waals surface area contributed by atoms with Crippen LogP contribution < -0.4 is 5.32 Å². The van der Waals surface area contributed by atoms with Gasteiger partial charge in [0.2, 0.25) is 0 Å². The molecule has 2 rings (SSSR count). The Hall–Kier alpha value is -1.23. The van der Waals surface area contributed by atoms with Gasteiger partial charge in [0.15, 0.2) is 0 Å². The molecule has 1 fully saturated rings. The van der Waals surface area contributed by atoms with Crippen LogP contribution in [-0.4, -0.2) is 30.6 Å². The molecule has 5 heteroatoms. The maximum Gasteiger partial charge on any atom is 0.416 e. The lowest BCUT2D eigenvalue weighted by atomic mass is 10.0. The summed E-state index contributed by atoms with van der Waals surface area (Å²) in [6.07, 6.45) is 2.79. The van der Waals surface area contributed by atoms with E-state index in [0.717, 1.165) is 38.5 Å². The molecule has 0 spiro atoms. The number of rotatable bonds is 7. The van der Waals surface area contributed by atoms with Crippen molar-refractivity contribution in [3.05, 3.63) is 29.8 Å². The van der Waals surface area contributed by atoms with Gasteiger partial charge < -0.3 is 10.2 Å². The van der Waals surface area contributed by atoms with Crippen molar-refractivity contribution in [1.82, 2.24) is 4.90 Å². The van der Waals surface area contributed by atoms with Gasteiger partial charge in [0.25, 0.3) is 0 Å². The fraction of sp³-hybridized carbons (Fsp3) is 0.667. The van der Waals surface area contributed by atoms with E-state index in [9.17, 15) is 13.2 Å². The maximum absolute atomic E-state index is 12.7. The third-order valence-corrected chi connectivity index (χ3v) is 4.48. The van der Waals surface area contributed by atoms with Gasteiger partial charge in [-0.3, -0.25) is 0 Å². The predicted octanol–water partition coefficient (Wildman–Crippen LogP) is 5.16. The molecule has 0 aliphatic carbocycles. The van der Waals surface area contributed by atoms with Gasteiger partial charge >= 0.3 is 6.18 Å². The van der Waals surface area contributed by atoms with Gasteiger partial charge in [0.1, 0.15) is 0 Å². The maximum atomic E-state index is 12.7. The number of nitrogens with one attached hydrogen (secondary N) is 1. The molecule has 0 atom stereocenters. The van der Waals surface area contributed by atoms with Crippen molar-refractivity contribution in [2.24, 2.45) is 0 Å². The van der Waals surface area contributed by atoms with Crippen molar-refractivity contribution >= 4 is 5.69 Å². The van der Waals surface area contributed by atoms with Gasteiger partial charge in [0, 0.05) is 24.8 Å². The van der Waals surface area contributed by atoms with E-state index >= 15 is 0 Å². The molecule has 1 aliphatic rings. The van der Waals surface area contributed by atoms with Crippen LogP contribution in [0.3, 0.4) is 0 Å². The van der Waals surface area contributed by atoms with Gasteiger partial charge in [0.05, 0.1) is 5.56 Å². The molecule has 130 valence electrons. The molecule has 23 heavy (non-hydrogen) atoms. The van der Waals surface area contributed by atoms with E-state index in [1.165, 1.54) is 37.8 Å². The zero-order valence-corrected chi connectivity index (χ0v) is 13.8. The second-order valence-corrected chi connectivity index (χ2v) is 6.40. The molecule has 0 saturated carbocycles. The van der Waals surface area contributed by atoms with E-state index in [1.54, 1.807) is 6.07 Å². The van der Waals surface area contributed by atoms with E-state index in [2.05, 4.69) is 17.1 Å². The lowest BCUT2D eigenvalue weighted by Gasteiger charge is -2.33. The van der Waals surface area contributed by atoms with Crippen LogP contribution in [0, 0.1) is 0 Å². The Bertz CT molecular complexity index is 466. The number of nitrogens with zero attached hydrogens (tertiary/aromatic N) is 1. The molecule has 1 aromatic carbocycles. The molecule has 1 heterocycles. The Kier molecular flexibility index (Phi) is 6.75. The molecule has 0 radical (unpaired) electrons. The summed E-state index contributed by atoms with van der Waals surface area (Å²) in [4.78, 5) is 2.47. The summed E-state index contributed by atoms with van der Waals surface area (Å²) >= 11 is 0. The van der Waals surface area contributed by atoms with Crippen LogP contribution in [0.1, 0.15) is 51.0 Å². The second-order valence-electron chi connectivity index (χ2n) is 6.40. The zero-order valence-electron chi connectivity index (χ0n) is 13.8. The lowest BCUT2D eigenvalue weighted by Crippen LogP contribution is -2.39. The van der Waals surface area contributed by atoms with Crippen LogP contribution in [0.25, 0.3) is 0 Å². The van der Waals surface area contributed by atoms with Crippen molar-refractivity contribution < 1.29 is 13.2 Å². The number of unbranched alkanes of at least 4 members (excludes halogenated alkanes) is 3. The third kappa shape index (κ3) is 6.05. The molecular weight excluding hydrogens is 301 g/mol. The molecule has 1 aliphatic heterocycles. The van der Waals surface area contributed by atoms with Crippen LogP contribution in [0.15, 0.2) is 24.3 Å². The molecule has 1 N–H and O–H groups in total. The van der Waals surface area contributed by atoms with Gasteiger partial charge in [-0.2, -0.15) is 13.2 Å². The summed E-state index contributed by atoms with van der Waals surface area (Å²) in [5.74, 6) is 0. The van der Waals surface area contributed by atoms with Crippen molar-refractivity contribution in [1.29, 1.82) is 0 Å². The molecule has 0 unspecified atom stereocenters. The Balaban J connectivity index is 1.76. The number of alkyl halides is 3. The second kappa shape index (κ2) is 8.57. The van der Waals surface area contributed by atoms with Crippen LogP contribution in [0.2, 0.25) is 0 Å². The van der Waals surface area contributed by atoms with E-state index < -0.39 is 11.7 Å². The summed E-state index contributed by atoms with van der Waals surface area (Å²) < 4.78 is 38.2. The number of likely N-dealkylation sites (tertiary alicyclic amines) is 1. The fourth-order valence-corrected chi connectivity index (χ4v) is 3.08. The summed E-state index contributed by atoms with van der Waals surface area (Å²) in [6.45, 7) is 5.42. The highest BCUT2D eigenvalue weighted by molar-refractivity contribution is 5.47. The molecule has 2 nitrogen and oxygen atoms in total. The van der Waals surface area contributed by atoms with E-state index in [1.807, 2.05) is 0 Å². The Morgan fingerprint density at radius 2 is 1.87 bits per heavy atom. The van der Waals surface area contributed by atoms with E-state index in [4.69, 9.17) is 0 Å². The molecular formula is C18H27F3N2. The van der Waals surface area contributed by atoms with Crippen LogP contribution in [0.5, 0.6) is 0 Å². The normalized spacial score (nSPS) is 17.4. The van der Waals surface area contributed by atoms with Gasteiger partial charge in [-0.1, -0.05) is 32.3 Å². The van der Waals surface area contributed by atoms with Gasteiger partial charge in [-0.05, 0) is 44.0 Å². The molecule has 0 aromatic heterocycles. The average molecular weight is 328 g/mol. The molecule has 0 bridgehead atoms. The quantitative estimate of drug-likeness (QED) is 0.695. The molecule has 1 aromatic rings. The Morgan fingerprint density at radius 1 is 1.13 bits per heavy atom. The number of hydrogen-bond acceptors (Lipinski definition) is 2. The number of piperidine rings is 1. The first kappa shape index (κ1) is 18.1. The van der Waals surface area contributed by atoms with Gasteiger partial charge in [-0.25, -0.2) is 0 Å². The van der Waals surface area contributed by atoms with Crippen LogP contribution >= 0.6 is 0 Å². The minimum atomic E-state index is -4.28. The number of anilines is 1. The summed E-state index contributed by atoms with van der Waals surface area (Å²) in [6, 6.07) is 5.77. The van der Waals surface area contributed by atoms with Gasteiger partial charge in [-0.15, -0.1) is 0 Å². The first-order valence-electron chi connectivity index (χ1n) is 8.65. The summed E-state index contributed by atoms with van der Waals surface area (Å²) in [7, 11) is 0. The zero-order chi connectivity index (χ0) is 16.7. The predicted molar refractivity (Wildman–Crippen MR) is 88.7 cm³/mol. The number of hydrogen-bond donors (Lipinski definition) is 1. The van der Waals surface area contributed by atoms with E-state index in [0.29, 0.717) is 5.69 Å². The molecule has 1 saturated heterocycles. The standard InChI is InChI=1S/C18H27F3N2/c1-2-3-4-5-11-23-12-9-16(10-13-23)22-17-8-6-7-15(14-17)18(19,20)21/h6-8,14,16,22H,2-5,9-13H2,1H3. The fourth-order valence-electron chi connectivity index (χ4n) is 3.08. The third-order valence-electron chi connectivity index (χ3n) is 4.48. The summed E-state index contributed by atoms with van der Waals surface area (Å²) in [5, 5.41) is 3.26. The first-order chi connectivity index (χ1) is 11.0. The molecule has 0 amide bonds. The van der Waals surface area contributed by atoms with Crippen molar-refractivity contribution in [2.45, 2.75) is 57.7 Å². The topological polar surface area (TPSA) is 15.3 Å². The smallest absolute Gasteiger partial charge is 0.382 e. The van der Waals surface area contributed by atoms with Crippen LogP contribution in [0.4, 0.5) is 18.9 Å². The minimum Gasteiger partial charge on any atom is -0.382 e. The highest BCUT2D eigenvalue weighted by atomic mass is 19.4. The highest BCUT2D eigenvalue weighted by Gasteiger charge is 2.30. The van der Waals surface area contributed by atoms with Crippen LogP contribution in [-0.2, 0) is 6.18 Å². The highest BCUT2D eigenvalue weighted by Crippen LogP contribution is 2.31. The Morgan fingerprint density at radius 3 is 2.52 bits per heavy atom. The number of benzene rings is 1. The number of halogens is 3. The SMILES string of the molecule is CCCCCCN1CCC(Nc2cccc(C(F)(F)F)c2)CC1. The largest absolute Gasteiger partial charge is 0.416 e. The summed E-state index contributed by atoms with van der Waals surface area (Å²) in [5.41, 5.74) is -0.0166. The van der Waals surface area contributed by atoms with Crippen molar-refractivity contribution in [3.63, 3.8) is 0 Å².